The van der Waals surface area contributed by atoms with Crippen LogP contribution < -0.4 is 5.32 Å². The van der Waals surface area contributed by atoms with Crippen LogP contribution in [0, 0.1) is 0 Å². The van der Waals surface area contributed by atoms with E-state index in [2.05, 4.69) is 10.4 Å². The summed E-state index contributed by atoms with van der Waals surface area (Å²) in [6, 6.07) is 17.5. The first-order valence-corrected chi connectivity index (χ1v) is 14.7. The minimum atomic E-state index is -4.64. The molecule has 3 heterocycles. The van der Waals surface area contributed by atoms with Gasteiger partial charge in [-0.3, -0.25) is 13.9 Å². The Labute approximate surface area is 234 Å². The number of hydrogen-bond acceptors (Lipinski definition) is 5. The normalized spacial score (nSPS) is 12.1. The molecule has 212 valence electrons. The topological polar surface area (TPSA) is 98.4 Å². The van der Waals surface area contributed by atoms with Gasteiger partial charge in [0.2, 0.25) is 0 Å². The van der Waals surface area contributed by atoms with Crippen molar-refractivity contribution >= 4 is 27.2 Å². The molecule has 0 fully saturated rings. The number of nitrogens with zero attached hydrogens (tertiary/aromatic N) is 4. The highest BCUT2D eigenvalue weighted by Crippen LogP contribution is 2.37. The maximum Gasteiger partial charge on any atom is 0.417 e. The van der Waals surface area contributed by atoms with Crippen LogP contribution in [-0.2, 0) is 29.5 Å². The fourth-order valence-electron chi connectivity index (χ4n) is 4.58. The van der Waals surface area contributed by atoms with Crippen LogP contribution in [0.3, 0.4) is 0 Å². The lowest BCUT2D eigenvalue weighted by molar-refractivity contribution is -0.137. The Morgan fingerprint density at radius 2 is 1.76 bits per heavy atom. The summed E-state index contributed by atoms with van der Waals surface area (Å²) in [5.41, 5.74) is 1.63. The van der Waals surface area contributed by atoms with E-state index in [1.165, 1.54) is 29.3 Å². The number of imidazole rings is 1. The number of anilines is 1. The number of aryl methyl sites for hydroxylation is 2. The summed E-state index contributed by atoms with van der Waals surface area (Å²) < 4.78 is 67.5. The second-order valence-corrected chi connectivity index (χ2v) is 12.0. The van der Waals surface area contributed by atoms with Crippen molar-refractivity contribution in [2.45, 2.75) is 19.0 Å². The molecule has 0 atom stereocenters. The van der Waals surface area contributed by atoms with Crippen molar-refractivity contribution in [1.29, 1.82) is 0 Å². The SMILES string of the molecule is Cn1ccc(-c2cc(C(=O)Nc3c(-c4ccccc4)nc4cc(CCCS(C)(=O)=O)ccn34)ccc2C(F)(F)F)n1. The first kappa shape index (κ1) is 28.1. The second-order valence-electron chi connectivity index (χ2n) is 9.76. The van der Waals surface area contributed by atoms with Gasteiger partial charge in [-0.15, -0.1) is 0 Å². The molecule has 5 aromatic rings. The van der Waals surface area contributed by atoms with E-state index in [1.54, 1.807) is 17.6 Å². The van der Waals surface area contributed by atoms with Gasteiger partial charge in [-0.1, -0.05) is 30.3 Å². The van der Waals surface area contributed by atoms with E-state index in [0.29, 0.717) is 30.0 Å². The van der Waals surface area contributed by atoms with Crippen LogP contribution in [-0.4, -0.2) is 45.5 Å². The number of nitrogens with one attached hydrogen (secondary N) is 1. The summed E-state index contributed by atoms with van der Waals surface area (Å²) in [7, 11) is -1.48. The highest BCUT2D eigenvalue weighted by molar-refractivity contribution is 7.90. The number of carbonyl (C=O) groups excluding carboxylic acids is 1. The third kappa shape index (κ3) is 6.32. The third-order valence-electron chi connectivity index (χ3n) is 6.53. The fourth-order valence-corrected chi connectivity index (χ4v) is 5.25. The van der Waals surface area contributed by atoms with Gasteiger partial charge in [0.25, 0.3) is 5.91 Å². The zero-order valence-corrected chi connectivity index (χ0v) is 23.0. The molecule has 3 aromatic heterocycles. The largest absolute Gasteiger partial charge is 0.417 e. The Balaban J connectivity index is 1.53. The summed E-state index contributed by atoms with van der Waals surface area (Å²) in [5.74, 6) is -0.207. The quantitative estimate of drug-likeness (QED) is 0.255. The molecule has 5 rings (SSSR count). The molecular weight excluding hydrogens is 555 g/mol. The molecule has 1 amide bonds. The molecule has 12 heteroatoms. The van der Waals surface area contributed by atoms with Crippen LogP contribution in [0.5, 0.6) is 0 Å². The number of sulfone groups is 1. The van der Waals surface area contributed by atoms with Gasteiger partial charge in [0, 0.05) is 42.4 Å². The van der Waals surface area contributed by atoms with Crippen LogP contribution >= 0.6 is 0 Å². The lowest BCUT2D eigenvalue weighted by Crippen LogP contribution is -2.16. The lowest BCUT2D eigenvalue weighted by atomic mass is 10.0. The smallest absolute Gasteiger partial charge is 0.306 e. The van der Waals surface area contributed by atoms with E-state index >= 15 is 0 Å². The number of amides is 1. The summed E-state index contributed by atoms with van der Waals surface area (Å²) in [6.45, 7) is 0. The number of halogens is 3. The van der Waals surface area contributed by atoms with Crippen molar-refractivity contribution in [3.05, 3.63) is 95.8 Å². The van der Waals surface area contributed by atoms with Crippen LogP contribution in [0.15, 0.2) is 79.1 Å². The van der Waals surface area contributed by atoms with Crippen molar-refractivity contribution < 1.29 is 26.4 Å². The Hall–Kier alpha value is -4.45. The van der Waals surface area contributed by atoms with Crippen molar-refractivity contribution in [3.63, 3.8) is 0 Å². The van der Waals surface area contributed by atoms with Gasteiger partial charge in [-0.25, -0.2) is 13.4 Å². The number of aromatic nitrogens is 4. The van der Waals surface area contributed by atoms with Crippen molar-refractivity contribution in [2.75, 3.05) is 17.3 Å². The van der Waals surface area contributed by atoms with Crippen LogP contribution in [0.4, 0.5) is 19.0 Å². The predicted octanol–water partition coefficient (Wildman–Crippen LogP) is 5.65. The van der Waals surface area contributed by atoms with Gasteiger partial charge in [-0.2, -0.15) is 18.3 Å². The van der Waals surface area contributed by atoms with Crippen molar-refractivity contribution in [3.8, 4) is 22.5 Å². The van der Waals surface area contributed by atoms with Crippen LogP contribution in [0.2, 0.25) is 0 Å². The number of pyridine rings is 1. The molecule has 0 spiro atoms. The minimum absolute atomic E-state index is 0.0185. The number of benzene rings is 2. The second kappa shape index (κ2) is 10.8. The predicted molar refractivity (Wildman–Crippen MR) is 150 cm³/mol. The average molecular weight is 582 g/mol. The van der Waals surface area contributed by atoms with Crippen molar-refractivity contribution in [1.82, 2.24) is 19.2 Å². The molecule has 41 heavy (non-hydrogen) atoms. The van der Waals surface area contributed by atoms with Gasteiger partial charge in [0.1, 0.15) is 27.0 Å². The standard InChI is InChI=1S/C29H26F3N5O3S/c1-36-14-13-24(35-36)22-18-21(10-11-23(22)29(30,31)32)28(38)34-27-26(20-8-4-3-5-9-20)33-25-17-19(12-15-37(25)27)7-6-16-41(2,39)40/h3-5,8-15,17-18H,6-7,16H2,1-2H3,(H,34,38). The van der Waals surface area contributed by atoms with Crippen molar-refractivity contribution in [2.24, 2.45) is 7.05 Å². The summed E-state index contributed by atoms with van der Waals surface area (Å²) in [6.07, 6.45) is 0.803. The zero-order valence-electron chi connectivity index (χ0n) is 22.2. The molecule has 8 nitrogen and oxygen atoms in total. The van der Waals surface area contributed by atoms with E-state index in [1.807, 2.05) is 42.5 Å². The third-order valence-corrected chi connectivity index (χ3v) is 7.56. The van der Waals surface area contributed by atoms with Crippen LogP contribution in [0.1, 0.15) is 27.9 Å². The molecule has 2 aromatic carbocycles. The average Bonchev–Trinajstić information content (AvgIpc) is 3.51. The van der Waals surface area contributed by atoms with E-state index in [-0.39, 0.29) is 22.6 Å². The molecule has 0 bridgehead atoms. The molecular formula is C29H26F3N5O3S. The summed E-state index contributed by atoms with van der Waals surface area (Å²) >= 11 is 0. The van der Waals surface area contributed by atoms with Gasteiger partial charge < -0.3 is 5.32 Å². The number of hydrogen-bond donors (Lipinski definition) is 1. The van der Waals surface area contributed by atoms with Crippen LogP contribution in [0.25, 0.3) is 28.2 Å². The highest BCUT2D eigenvalue weighted by Gasteiger charge is 2.34. The molecule has 0 unspecified atom stereocenters. The molecule has 0 saturated carbocycles. The van der Waals surface area contributed by atoms with Gasteiger partial charge in [0.05, 0.1) is 17.0 Å². The first-order valence-electron chi connectivity index (χ1n) is 12.7. The van der Waals surface area contributed by atoms with Gasteiger partial charge >= 0.3 is 6.18 Å². The molecule has 1 N–H and O–H groups in total. The zero-order chi connectivity index (χ0) is 29.4. The number of rotatable bonds is 8. The van der Waals surface area contributed by atoms with E-state index in [9.17, 15) is 26.4 Å². The molecule has 0 radical (unpaired) electrons. The molecule has 0 aliphatic heterocycles. The summed E-state index contributed by atoms with van der Waals surface area (Å²) in [5, 5.41) is 6.95. The van der Waals surface area contributed by atoms with E-state index in [0.717, 1.165) is 23.3 Å². The number of fused-ring (bicyclic) bond motifs is 1. The maximum atomic E-state index is 13.8. The van der Waals surface area contributed by atoms with E-state index < -0.39 is 27.5 Å². The maximum absolute atomic E-state index is 13.8. The Kier molecular flexibility index (Phi) is 7.43. The van der Waals surface area contributed by atoms with Gasteiger partial charge in [-0.05, 0) is 54.8 Å². The first-order chi connectivity index (χ1) is 19.4. The monoisotopic (exact) mass is 581 g/mol. The Morgan fingerprint density at radius 3 is 2.41 bits per heavy atom. The highest BCUT2D eigenvalue weighted by atomic mass is 32.2. The van der Waals surface area contributed by atoms with Gasteiger partial charge in [0.15, 0.2) is 0 Å². The van der Waals surface area contributed by atoms with E-state index in [4.69, 9.17) is 4.98 Å². The lowest BCUT2D eigenvalue weighted by Gasteiger charge is -2.14. The molecule has 0 aliphatic carbocycles. The molecule has 0 aliphatic rings. The molecule has 0 saturated heterocycles. The fraction of sp³-hybridized carbons (Fsp3) is 0.207. The Morgan fingerprint density at radius 1 is 1.00 bits per heavy atom. The number of alkyl halides is 3. The number of carbonyl (C=O) groups is 1. The Bertz CT molecular complexity index is 1840. The minimum Gasteiger partial charge on any atom is -0.306 e. The summed E-state index contributed by atoms with van der Waals surface area (Å²) in [4.78, 5) is 18.2.